The van der Waals surface area contributed by atoms with Crippen LogP contribution in [0.1, 0.15) is 18.4 Å². The molecule has 7 heteroatoms. The molecule has 3 amide bonds. The van der Waals surface area contributed by atoms with Crippen molar-refractivity contribution in [1.29, 1.82) is 0 Å². The summed E-state index contributed by atoms with van der Waals surface area (Å²) in [6.07, 6.45) is 1.40. The fourth-order valence-electron chi connectivity index (χ4n) is 2.93. The maximum absolute atomic E-state index is 12.2. The quantitative estimate of drug-likeness (QED) is 0.814. The number of hydrogen-bond acceptors (Lipinski definition) is 4. The second kappa shape index (κ2) is 7.90. The van der Waals surface area contributed by atoms with Gasteiger partial charge in [0.1, 0.15) is 5.75 Å². The van der Waals surface area contributed by atoms with Crippen LogP contribution < -0.4 is 20.3 Å². The highest BCUT2D eigenvalue weighted by Crippen LogP contribution is 2.25. The lowest BCUT2D eigenvalue weighted by Gasteiger charge is -2.16. The van der Waals surface area contributed by atoms with Crippen molar-refractivity contribution in [2.24, 2.45) is 0 Å². The number of carbonyl (C=O) groups is 3. The van der Waals surface area contributed by atoms with Crippen molar-refractivity contribution in [2.45, 2.75) is 19.8 Å². The minimum atomic E-state index is -0.794. The fourth-order valence-corrected chi connectivity index (χ4v) is 2.93. The van der Waals surface area contributed by atoms with E-state index in [1.165, 1.54) is 7.11 Å². The lowest BCUT2D eigenvalue weighted by Crippen LogP contribution is -2.29. The summed E-state index contributed by atoms with van der Waals surface area (Å²) in [5.74, 6) is -1.01. The van der Waals surface area contributed by atoms with E-state index in [4.69, 9.17) is 4.74 Å². The Balaban J connectivity index is 1.64. The van der Waals surface area contributed by atoms with Gasteiger partial charge in [-0.25, -0.2) is 0 Å². The Hall–Kier alpha value is -3.35. The van der Waals surface area contributed by atoms with E-state index in [1.54, 1.807) is 41.3 Å². The van der Waals surface area contributed by atoms with Gasteiger partial charge < -0.3 is 20.3 Å². The van der Waals surface area contributed by atoms with Gasteiger partial charge in [-0.1, -0.05) is 6.07 Å². The predicted molar refractivity (Wildman–Crippen MR) is 103 cm³/mol. The molecule has 1 heterocycles. The first-order valence-corrected chi connectivity index (χ1v) is 8.65. The zero-order valence-electron chi connectivity index (χ0n) is 15.2. The van der Waals surface area contributed by atoms with Gasteiger partial charge >= 0.3 is 11.8 Å². The van der Waals surface area contributed by atoms with Crippen LogP contribution >= 0.6 is 0 Å². The topological polar surface area (TPSA) is 87.7 Å². The first kappa shape index (κ1) is 18.4. The van der Waals surface area contributed by atoms with Crippen molar-refractivity contribution in [2.75, 3.05) is 29.2 Å². The molecule has 1 saturated heterocycles. The molecule has 0 unspecified atom stereocenters. The monoisotopic (exact) mass is 367 g/mol. The van der Waals surface area contributed by atoms with Crippen LogP contribution in [-0.2, 0) is 14.4 Å². The Bertz CT molecular complexity index is 877. The van der Waals surface area contributed by atoms with Gasteiger partial charge in [-0.05, 0) is 55.3 Å². The van der Waals surface area contributed by atoms with Gasteiger partial charge in [-0.2, -0.15) is 0 Å². The zero-order chi connectivity index (χ0) is 19.4. The summed E-state index contributed by atoms with van der Waals surface area (Å²) < 4.78 is 5.19. The number of benzene rings is 2. The number of nitrogens with one attached hydrogen (secondary N) is 2. The van der Waals surface area contributed by atoms with E-state index in [0.717, 1.165) is 17.7 Å². The van der Waals surface area contributed by atoms with Crippen molar-refractivity contribution < 1.29 is 19.1 Å². The van der Waals surface area contributed by atoms with Crippen LogP contribution in [0.5, 0.6) is 5.75 Å². The van der Waals surface area contributed by atoms with Crippen LogP contribution in [0, 0.1) is 6.92 Å². The maximum Gasteiger partial charge on any atom is 0.314 e. The van der Waals surface area contributed by atoms with Crippen molar-refractivity contribution in [1.82, 2.24) is 0 Å². The van der Waals surface area contributed by atoms with Crippen LogP contribution in [0.3, 0.4) is 0 Å². The Morgan fingerprint density at radius 2 is 1.74 bits per heavy atom. The molecular weight excluding hydrogens is 346 g/mol. The molecule has 0 aromatic heterocycles. The average Bonchev–Trinajstić information content (AvgIpc) is 3.08. The summed E-state index contributed by atoms with van der Waals surface area (Å²) >= 11 is 0. The van der Waals surface area contributed by atoms with Crippen molar-refractivity contribution in [3.05, 3.63) is 48.0 Å². The van der Waals surface area contributed by atoms with Crippen molar-refractivity contribution in [3.63, 3.8) is 0 Å². The average molecular weight is 367 g/mol. The molecule has 0 spiro atoms. The molecule has 1 aliphatic heterocycles. The Morgan fingerprint density at radius 3 is 2.37 bits per heavy atom. The number of amides is 3. The molecule has 0 aliphatic carbocycles. The van der Waals surface area contributed by atoms with Gasteiger partial charge in [0.2, 0.25) is 5.91 Å². The molecule has 27 heavy (non-hydrogen) atoms. The molecular formula is C20H21N3O4. The molecule has 0 saturated carbocycles. The van der Waals surface area contributed by atoms with E-state index in [1.807, 2.05) is 13.0 Å². The van der Waals surface area contributed by atoms with Gasteiger partial charge in [0.15, 0.2) is 0 Å². The van der Waals surface area contributed by atoms with Crippen LogP contribution in [0.2, 0.25) is 0 Å². The third-order valence-corrected chi connectivity index (χ3v) is 4.32. The molecule has 0 bridgehead atoms. The lowest BCUT2D eigenvalue weighted by molar-refractivity contribution is -0.133. The second-order valence-corrected chi connectivity index (χ2v) is 6.31. The zero-order valence-corrected chi connectivity index (χ0v) is 15.2. The second-order valence-electron chi connectivity index (χ2n) is 6.31. The van der Waals surface area contributed by atoms with E-state index >= 15 is 0 Å². The standard InChI is InChI=1S/C20H21N3O4/c1-13-5-10-17(27-2)16(12-13)22-20(26)19(25)21-14-6-8-15(9-7-14)23-11-3-4-18(23)24/h5-10,12H,3-4,11H2,1-2H3,(H,21,25)(H,22,26). The van der Waals surface area contributed by atoms with Crippen LogP contribution in [0.4, 0.5) is 17.1 Å². The third-order valence-electron chi connectivity index (χ3n) is 4.32. The summed E-state index contributed by atoms with van der Waals surface area (Å²) in [7, 11) is 1.49. The van der Waals surface area contributed by atoms with Crippen molar-refractivity contribution in [3.8, 4) is 5.75 Å². The van der Waals surface area contributed by atoms with E-state index in [9.17, 15) is 14.4 Å². The summed E-state index contributed by atoms with van der Waals surface area (Å²) in [6, 6.07) is 12.1. The summed E-state index contributed by atoms with van der Waals surface area (Å²) in [5.41, 5.74) is 2.62. The predicted octanol–water partition coefficient (Wildman–Crippen LogP) is 2.71. The van der Waals surface area contributed by atoms with Crippen LogP contribution in [0.25, 0.3) is 0 Å². The molecule has 0 radical (unpaired) electrons. The van der Waals surface area contributed by atoms with E-state index in [-0.39, 0.29) is 5.91 Å². The summed E-state index contributed by atoms with van der Waals surface area (Å²) in [6.45, 7) is 2.58. The van der Waals surface area contributed by atoms with Gasteiger partial charge in [0, 0.05) is 24.3 Å². The number of nitrogens with zero attached hydrogens (tertiary/aromatic N) is 1. The largest absolute Gasteiger partial charge is 0.495 e. The van der Waals surface area contributed by atoms with Gasteiger partial charge in [-0.15, -0.1) is 0 Å². The Labute approximate surface area is 157 Å². The Kier molecular flexibility index (Phi) is 5.40. The van der Waals surface area contributed by atoms with E-state index in [2.05, 4.69) is 10.6 Å². The minimum Gasteiger partial charge on any atom is -0.495 e. The van der Waals surface area contributed by atoms with Gasteiger partial charge in [-0.3, -0.25) is 14.4 Å². The highest BCUT2D eigenvalue weighted by molar-refractivity contribution is 6.43. The molecule has 1 fully saturated rings. The molecule has 1 aliphatic rings. The van der Waals surface area contributed by atoms with Crippen LogP contribution in [0.15, 0.2) is 42.5 Å². The number of hydrogen-bond donors (Lipinski definition) is 2. The molecule has 2 N–H and O–H groups in total. The van der Waals surface area contributed by atoms with E-state index < -0.39 is 11.8 Å². The lowest BCUT2D eigenvalue weighted by atomic mass is 10.2. The summed E-state index contributed by atoms with van der Waals surface area (Å²) in [5, 5.41) is 5.10. The molecule has 2 aromatic rings. The minimum absolute atomic E-state index is 0.0956. The summed E-state index contributed by atoms with van der Waals surface area (Å²) in [4.78, 5) is 37.8. The number of ether oxygens (including phenoxy) is 1. The molecule has 2 aromatic carbocycles. The first-order chi connectivity index (χ1) is 13.0. The van der Waals surface area contributed by atoms with Gasteiger partial charge in [0.05, 0.1) is 12.8 Å². The van der Waals surface area contributed by atoms with Crippen LogP contribution in [-0.4, -0.2) is 31.4 Å². The first-order valence-electron chi connectivity index (χ1n) is 8.65. The number of aryl methyl sites for hydroxylation is 1. The molecule has 0 atom stereocenters. The Morgan fingerprint density at radius 1 is 1.04 bits per heavy atom. The smallest absolute Gasteiger partial charge is 0.314 e. The van der Waals surface area contributed by atoms with Crippen molar-refractivity contribution >= 4 is 34.8 Å². The number of carbonyl (C=O) groups excluding carboxylic acids is 3. The highest BCUT2D eigenvalue weighted by Gasteiger charge is 2.22. The molecule has 140 valence electrons. The number of anilines is 3. The molecule has 7 nitrogen and oxygen atoms in total. The third kappa shape index (κ3) is 4.25. The molecule has 3 rings (SSSR count). The number of rotatable bonds is 4. The highest BCUT2D eigenvalue weighted by atomic mass is 16.5. The number of methoxy groups -OCH3 is 1. The maximum atomic E-state index is 12.2. The SMILES string of the molecule is COc1ccc(C)cc1NC(=O)C(=O)Nc1ccc(N2CCCC2=O)cc1. The van der Waals surface area contributed by atoms with Gasteiger partial charge in [0.25, 0.3) is 0 Å². The normalized spacial score (nSPS) is 13.4. The van der Waals surface area contributed by atoms with E-state index in [0.29, 0.717) is 30.1 Å². The fraction of sp³-hybridized carbons (Fsp3) is 0.250.